The molecule has 0 bridgehead atoms. The molecule has 0 spiro atoms. The molecule has 0 aliphatic heterocycles. The summed E-state index contributed by atoms with van der Waals surface area (Å²) < 4.78 is 11.0. The number of ether oxygens (including phenoxy) is 2. The van der Waals surface area contributed by atoms with Gasteiger partial charge in [0.1, 0.15) is 6.10 Å². The van der Waals surface area contributed by atoms with E-state index in [4.69, 9.17) is 26.3 Å². The summed E-state index contributed by atoms with van der Waals surface area (Å²) in [6.07, 6.45) is 2.82. The van der Waals surface area contributed by atoms with Gasteiger partial charge in [-0.25, -0.2) is 0 Å². The minimum absolute atomic E-state index is 0.270. The van der Waals surface area contributed by atoms with E-state index in [0.717, 1.165) is 25.7 Å². The third-order valence-electron chi connectivity index (χ3n) is 3.30. The Hall–Kier alpha value is -1.44. The van der Waals surface area contributed by atoms with Gasteiger partial charge in [0.25, 0.3) is 0 Å². The molecule has 4 nitrogen and oxygen atoms in total. The second-order valence-corrected chi connectivity index (χ2v) is 5.02. The van der Waals surface area contributed by atoms with Crippen LogP contribution in [0.2, 0.25) is 5.02 Å². The fraction of sp³-hybridized carbons (Fsp3) is 0.500. The Labute approximate surface area is 117 Å². The summed E-state index contributed by atoms with van der Waals surface area (Å²) in [5.41, 5.74) is 0.415. The zero-order valence-corrected chi connectivity index (χ0v) is 11.5. The minimum atomic E-state index is -0.481. The Morgan fingerprint density at radius 1 is 1.37 bits per heavy atom. The molecule has 19 heavy (non-hydrogen) atoms. The van der Waals surface area contributed by atoms with Crippen molar-refractivity contribution in [3.05, 3.63) is 22.7 Å². The summed E-state index contributed by atoms with van der Waals surface area (Å²) in [5.74, 6) is 0.816. The molecule has 2 rings (SSSR count). The van der Waals surface area contributed by atoms with E-state index in [9.17, 15) is 5.11 Å². The molecule has 0 heterocycles. The topological polar surface area (TPSA) is 62.5 Å². The molecule has 1 aromatic carbocycles. The van der Waals surface area contributed by atoms with Crippen molar-refractivity contribution in [2.75, 3.05) is 7.11 Å². The van der Waals surface area contributed by atoms with Crippen LogP contribution in [0.5, 0.6) is 11.5 Å². The van der Waals surface area contributed by atoms with Gasteiger partial charge in [-0.15, -0.1) is 0 Å². The van der Waals surface area contributed by atoms with E-state index in [1.54, 1.807) is 6.07 Å². The largest absolute Gasteiger partial charge is 0.493 e. The Morgan fingerprint density at radius 2 is 2.11 bits per heavy atom. The molecule has 0 aromatic heterocycles. The SMILES string of the molecule is COc1cc(C#N)cc(Cl)c1O[C@@H]1CCCC[C@@H]1O. The van der Waals surface area contributed by atoms with Gasteiger partial charge >= 0.3 is 0 Å². The summed E-state index contributed by atoms with van der Waals surface area (Å²) in [6.45, 7) is 0. The molecule has 1 saturated carbocycles. The van der Waals surface area contributed by atoms with Crippen molar-refractivity contribution in [3.8, 4) is 17.6 Å². The van der Waals surface area contributed by atoms with Gasteiger partial charge in [-0.3, -0.25) is 0 Å². The van der Waals surface area contributed by atoms with E-state index >= 15 is 0 Å². The van der Waals surface area contributed by atoms with E-state index in [-0.39, 0.29) is 6.10 Å². The summed E-state index contributed by atoms with van der Waals surface area (Å²) >= 11 is 6.12. The molecular weight excluding hydrogens is 266 g/mol. The molecule has 1 N–H and O–H groups in total. The third kappa shape index (κ3) is 3.12. The average Bonchev–Trinajstić information content (AvgIpc) is 2.42. The van der Waals surface area contributed by atoms with Crippen molar-refractivity contribution in [1.82, 2.24) is 0 Å². The number of benzene rings is 1. The van der Waals surface area contributed by atoms with E-state index in [1.165, 1.54) is 13.2 Å². The van der Waals surface area contributed by atoms with E-state index in [1.807, 2.05) is 6.07 Å². The number of rotatable bonds is 3. The fourth-order valence-corrected chi connectivity index (χ4v) is 2.52. The number of hydrogen-bond donors (Lipinski definition) is 1. The lowest BCUT2D eigenvalue weighted by Crippen LogP contribution is -2.34. The molecule has 0 saturated heterocycles. The van der Waals surface area contributed by atoms with Crippen LogP contribution in [0.15, 0.2) is 12.1 Å². The highest BCUT2D eigenvalue weighted by Crippen LogP contribution is 2.38. The van der Waals surface area contributed by atoms with Crippen LogP contribution in [0, 0.1) is 11.3 Å². The predicted octanol–water partition coefficient (Wildman–Crippen LogP) is 2.90. The quantitative estimate of drug-likeness (QED) is 0.925. The first kappa shape index (κ1) is 14.0. The number of methoxy groups -OCH3 is 1. The maximum atomic E-state index is 9.92. The van der Waals surface area contributed by atoms with Crippen LogP contribution < -0.4 is 9.47 Å². The lowest BCUT2D eigenvalue weighted by Gasteiger charge is -2.29. The second-order valence-electron chi connectivity index (χ2n) is 4.61. The van der Waals surface area contributed by atoms with Crippen molar-refractivity contribution in [1.29, 1.82) is 5.26 Å². The summed E-state index contributed by atoms with van der Waals surface area (Å²) in [4.78, 5) is 0. The van der Waals surface area contributed by atoms with Crippen molar-refractivity contribution in [3.63, 3.8) is 0 Å². The van der Waals surface area contributed by atoms with Crippen molar-refractivity contribution in [2.45, 2.75) is 37.9 Å². The molecule has 1 aromatic rings. The van der Waals surface area contributed by atoms with Gasteiger partial charge in [-0.05, 0) is 25.3 Å². The highest BCUT2D eigenvalue weighted by molar-refractivity contribution is 6.32. The summed E-state index contributed by atoms with van der Waals surface area (Å²) in [5, 5.41) is 19.1. The number of aliphatic hydroxyl groups is 1. The van der Waals surface area contributed by atoms with Crippen molar-refractivity contribution >= 4 is 11.6 Å². The zero-order chi connectivity index (χ0) is 13.8. The summed E-state index contributed by atoms with van der Waals surface area (Å²) in [7, 11) is 1.50. The maximum Gasteiger partial charge on any atom is 0.180 e. The summed E-state index contributed by atoms with van der Waals surface area (Å²) in [6, 6.07) is 5.13. The smallest absolute Gasteiger partial charge is 0.180 e. The van der Waals surface area contributed by atoms with Crippen LogP contribution in [-0.2, 0) is 0 Å². The van der Waals surface area contributed by atoms with Gasteiger partial charge in [0.05, 0.1) is 29.9 Å². The maximum absolute atomic E-state index is 9.92. The average molecular weight is 282 g/mol. The number of aliphatic hydroxyl groups excluding tert-OH is 1. The van der Waals surface area contributed by atoms with Gasteiger partial charge in [0.2, 0.25) is 0 Å². The lowest BCUT2D eigenvalue weighted by molar-refractivity contribution is 0.00573. The van der Waals surface area contributed by atoms with Crippen LogP contribution in [0.3, 0.4) is 0 Å². The predicted molar refractivity (Wildman–Crippen MR) is 71.6 cm³/mol. The molecule has 0 amide bonds. The number of nitriles is 1. The van der Waals surface area contributed by atoms with E-state index in [0.29, 0.717) is 22.1 Å². The first-order chi connectivity index (χ1) is 9.15. The molecule has 102 valence electrons. The van der Waals surface area contributed by atoms with E-state index < -0.39 is 6.10 Å². The molecule has 1 fully saturated rings. The zero-order valence-electron chi connectivity index (χ0n) is 10.7. The fourth-order valence-electron chi connectivity index (χ4n) is 2.26. The molecule has 1 aliphatic carbocycles. The van der Waals surface area contributed by atoms with Gasteiger partial charge in [-0.1, -0.05) is 18.0 Å². The number of halogens is 1. The van der Waals surface area contributed by atoms with Gasteiger partial charge < -0.3 is 14.6 Å². The Bertz CT molecular complexity index is 498. The standard InChI is InChI=1S/C14H16ClNO3/c1-18-13-7-9(8-16)6-10(15)14(13)19-12-5-3-2-4-11(12)17/h6-7,11-12,17H,2-5H2,1H3/t11-,12+/m0/s1. The molecule has 0 unspecified atom stereocenters. The first-order valence-corrected chi connectivity index (χ1v) is 6.66. The third-order valence-corrected chi connectivity index (χ3v) is 3.58. The molecule has 1 aliphatic rings. The van der Waals surface area contributed by atoms with Gasteiger partial charge in [0.15, 0.2) is 11.5 Å². The molecule has 2 atom stereocenters. The number of hydrogen-bond acceptors (Lipinski definition) is 4. The Morgan fingerprint density at radius 3 is 2.74 bits per heavy atom. The van der Waals surface area contributed by atoms with Crippen LogP contribution in [-0.4, -0.2) is 24.4 Å². The highest BCUT2D eigenvalue weighted by atomic mass is 35.5. The molecular formula is C14H16ClNO3. The first-order valence-electron chi connectivity index (χ1n) is 6.28. The number of nitrogens with zero attached hydrogens (tertiary/aromatic N) is 1. The highest BCUT2D eigenvalue weighted by Gasteiger charge is 2.26. The minimum Gasteiger partial charge on any atom is -0.493 e. The Balaban J connectivity index is 2.26. The van der Waals surface area contributed by atoms with Crippen molar-refractivity contribution < 1.29 is 14.6 Å². The second kappa shape index (κ2) is 6.14. The normalized spacial score (nSPS) is 22.6. The van der Waals surface area contributed by atoms with Crippen LogP contribution >= 0.6 is 11.6 Å². The van der Waals surface area contributed by atoms with Crippen LogP contribution in [0.1, 0.15) is 31.2 Å². The van der Waals surface area contributed by atoms with Crippen molar-refractivity contribution in [2.24, 2.45) is 0 Å². The molecule has 0 radical (unpaired) electrons. The van der Waals surface area contributed by atoms with E-state index in [2.05, 4.69) is 0 Å². The lowest BCUT2D eigenvalue weighted by atomic mass is 9.95. The van der Waals surface area contributed by atoms with Gasteiger partial charge in [-0.2, -0.15) is 5.26 Å². The molecule has 5 heteroatoms. The Kier molecular flexibility index (Phi) is 4.52. The van der Waals surface area contributed by atoms with Crippen LogP contribution in [0.25, 0.3) is 0 Å². The van der Waals surface area contributed by atoms with Gasteiger partial charge in [0, 0.05) is 6.07 Å². The van der Waals surface area contributed by atoms with Crippen LogP contribution in [0.4, 0.5) is 0 Å². The monoisotopic (exact) mass is 281 g/mol.